The molecule has 0 atom stereocenters. The molecule has 0 N–H and O–H groups in total. The van der Waals surface area contributed by atoms with Crippen molar-refractivity contribution in [2.24, 2.45) is 0 Å². The van der Waals surface area contributed by atoms with Crippen molar-refractivity contribution in [3.8, 4) is 5.19 Å². The fourth-order valence-corrected chi connectivity index (χ4v) is 2.16. The molecule has 0 spiro atoms. The molecule has 7 heteroatoms. The minimum absolute atomic E-state index is 0.0110. The Hall–Kier alpha value is -0.690. The van der Waals surface area contributed by atoms with Gasteiger partial charge in [-0.15, -0.1) is 5.10 Å². The van der Waals surface area contributed by atoms with Crippen molar-refractivity contribution >= 4 is 21.2 Å². The van der Waals surface area contributed by atoms with E-state index in [2.05, 4.69) is 10.2 Å². The second-order valence-electron chi connectivity index (χ2n) is 2.77. The molecule has 1 aromatic heterocycles. The first-order valence-corrected chi connectivity index (χ1v) is 6.30. The lowest BCUT2D eigenvalue weighted by molar-refractivity contribution is 0.239. The van der Waals surface area contributed by atoms with Gasteiger partial charge in [0.2, 0.25) is 14.2 Å². The summed E-state index contributed by atoms with van der Waals surface area (Å²) in [5, 5.41) is 7.37. The molecule has 0 saturated carbocycles. The second-order valence-corrected chi connectivity index (χ2v) is 5.90. The Kier molecular flexibility index (Phi) is 2.87. The summed E-state index contributed by atoms with van der Waals surface area (Å²) in [7, 11) is -3.25. The molecule has 0 saturated heterocycles. The number of aromatic nitrogens is 2. The third kappa shape index (κ3) is 2.92. The predicted octanol–water partition coefficient (Wildman–Crippen LogP) is 0.729. The van der Waals surface area contributed by atoms with E-state index in [-0.39, 0.29) is 15.6 Å². The summed E-state index contributed by atoms with van der Waals surface area (Å²) in [5.74, 6) is 0. The van der Waals surface area contributed by atoms with Crippen molar-refractivity contribution in [1.29, 1.82) is 0 Å². The molecule has 0 amide bonds. The van der Waals surface area contributed by atoms with E-state index in [9.17, 15) is 8.42 Å². The van der Waals surface area contributed by atoms with Crippen LogP contribution in [0.1, 0.15) is 13.8 Å². The van der Waals surface area contributed by atoms with E-state index in [1.54, 1.807) is 0 Å². The van der Waals surface area contributed by atoms with Gasteiger partial charge in [-0.1, -0.05) is 5.10 Å². The molecule has 0 aliphatic heterocycles. The van der Waals surface area contributed by atoms with Crippen LogP contribution >= 0.6 is 11.3 Å². The standard InChI is InChI=1S/C6H10N2O3S2/c1-4(2)11-5-7-8-6(12-5)13(3,9)10/h4H,1-3H3. The summed E-state index contributed by atoms with van der Waals surface area (Å²) in [6.45, 7) is 3.67. The molecule has 13 heavy (non-hydrogen) atoms. The van der Waals surface area contributed by atoms with E-state index in [1.165, 1.54) is 0 Å². The molecule has 74 valence electrons. The third-order valence-corrected chi connectivity index (χ3v) is 3.52. The first kappa shape index (κ1) is 10.4. The summed E-state index contributed by atoms with van der Waals surface area (Å²) in [6.07, 6.45) is 1.06. The Bertz CT molecular complexity index is 382. The third-order valence-electron chi connectivity index (χ3n) is 1.04. The summed E-state index contributed by atoms with van der Waals surface area (Å²) < 4.78 is 27.1. The molecule has 0 radical (unpaired) electrons. The minimum atomic E-state index is -3.25. The van der Waals surface area contributed by atoms with Gasteiger partial charge in [-0.3, -0.25) is 0 Å². The molecule has 0 unspecified atom stereocenters. The molecule has 1 rings (SSSR count). The second kappa shape index (κ2) is 3.59. The molecule has 0 fully saturated rings. The van der Waals surface area contributed by atoms with Gasteiger partial charge in [0.1, 0.15) is 0 Å². The lowest BCUT2D eigenvalue weighted by atomic mass is 10.5. The van der Waals surface area contributed by atoms with Crippen molar-refractivity contribution < 1.29 is 13.2 Å². The van der Waals surface area contributed by atoms with Crippen LogP contribution in [0.4, 0.5) is 0 Å². The molecule has 5 nitrogen and oxygen atoms in total. The summed E-state index contributed by atoms with van der Waals surface area (Å²) >= 11 is 0.936. The molecule has 0 aliphatic carbocycles. The molecule has 0 aliphatic rings. The van der Waals surface area contributed by atoms with Crippen molar-refractivity contribution in [2.75, 3.05) is 6.26 Å². The maximum atomic E-state index is 11.0. The highest BCUT2D eigenvalue weighted by Gasteiger charge is 2.15. The Morgan fingerprint density at radius 2 is 2.00 bits per heavy atom. The maximum Gasteiger partial charge on any atom is 0.295 e. The van der Waals surface area contributed by atoms with Crippen LogP contribution in [-0.2, 0) is 9.84 Å². The van der Waals surface area contributed by atoms with Crippen molar-refractivity contribution in [3.63, 3.8) is 0 Å². The summed E-state index contributed by atoms with van der Waals surface area (Å²) in [4.78, 5) is 0. The highest BCUT2D eigenvalue weighted by Crippen LogP contribution is 2.22. The average molecular weight is 222 g/mol. The molecule has 0 bridgehead atoms. The zero-order chi connectivity index (χ0) is 10.1. The van der Waals surface area contributed by atoms with E-state index >= 15 is 0 Å². The first-order chi connectivity index (χ1) is 5.89. The molecule has 1 heterocycles. The average Bonchev–Trinajstić information content (AvgIpc) is 2.32. The van der Waals surface area contributed by atoms with Crippen molar-refractivity contribution in [1.82, 2.24) is 10.2 Å². The van der Waals surface area contributed by atoms with Crippen LogP contribution in [-0.4, -0.2) is 31.0 Å². The quantitative estimate of drug-likeness (QED) is 0.754. The fourth-order valence-electron chi connectivity index (χ4n) is 0.596. The van der Waals surface area contributed by atoms with Crippen LogP contribution in [0.5, 0.6) is 5.19 Å². The van der Waals surface area contributed by atoms with E-state index in [1.807, 2.05) is 13.8 Å². The minimum Gasteiger partial charge on any atom is -0.466 e. The van der Waals surface area contributed by atoms with Crippen LogP contribution in [0.3, 0.4) is 0 Å². The van der Waals surface area contributed by atoms with Gasteiger partial charge in [-0.2, -0.15) is 0 Å². The summed E-state index contributed by atoms with van der Waals surface area (Å²) in [5.41, 5.74) is 0. The van der Waals surface area contributed by atoms with E-state index < -0.39 is 9.84 Å². The van der Waals surface area contributed by atoms with Gasteiger partial charge >= 0.3 is 0 Å². The summed E-state index contributed by atoms with van der Waals surface area (Å²) in [6, 6.07) is 0. The Morgan fingerprint density at radius 1 is 1.38 bits per heavy atom. The van der Waals surface area contributed by atoms with Gasteiger partial charge in [-0.05, 0) is 25.2 Å². The predicted molar refractivity (Wildman–Crippen MR) is 48.8 cm³/mol. The Morgan fingerprint density at radius 3 is 2.38 bits per heavy atom. The lowest BCUT2D eigenvalue weighted by Crippen LogP contribution is -2.04. The first-order valence-electron chi connectivity index (χ1n) is 3.60. The smallest absolute Gasteiger partial charge is 0.295 e. The highest BCUT2D eigenvalue weighted by atomic mass is 32.2. The molecule has 0 aromatic carbocycles. The van der Waals surface area contributed by atoms with Crippen molar-refractivity contribution in [2.45, 2.75) is 24.3 Å². The van der Waals surface area contributed by atoms with Crippen molar-refractivity contribution in [3.05, 3.63) is 0 Å². The van der Waals surface area contributed by atoms with E-state index in [4.69, 9.17) is 4.74 Å². The maximum absolute atomic E-state index is 11.0. The lowest BCUT2D eigenvalue weighted by Gasteiger charge is -2.02. The molecular weight excluding hydrogens is 212 g/mol. The van der Waals surface area contributed by atoms with E-state index in [0.717, 1.165) is 17.6 Å². The van der Waals surface area contributed by atoms with Gasteiger partial charge < -0.3 is 4.74 Å². The number of nitrogens with zero attached hydrogens (tertiary/aromatic N) is 2. The van der Waals surface area contributed by atoms with Gasteiger partial charge in [0.25, 0.3) is 5.19 Å². The number of hydrogen-bond acceptors (Lipinski definition) is 6. The normalized spacial score (nSPS) is 12.0. The van der Waals surface area contributed by atoms with E-state index in [0.29, 0.717) is 0 Å². The van der Waals surface area contributed by atoms with Crippen LogP contribution in [0.25, 0.3) is 0 Å². The molecule has 1 aromatic rings. The largest absolute Gasteiger partial charge is 0.466 e. The number of sulfone groups is 1. The van der Waals surface area contributed by atoms with Crippen LogP contribution in [0, 0.1) is 0 Å². The van der Waals surface area contributed by atoms with Crippen LogP contribution < -0.4 is 4.74 Å². The number of rotatable bonds is 3. The van der Waals surface area contributed by atoms with Gasteiger partial charge in [0, 0.05) is 6.26 Å². The SMILES string of the molecule is CC(C)Oc1nnc(S(C)(=O)=O)s1. The zero-order valence-electron chi connectivity index (χ0n) is 7.51. The van der Waals surface area contributed by atoms with Crippen LogP contribution in [0.15, 0.2) is 4.34 Å². The Balaban J connectivity index is 2.88. The number of hydrogen-bond donors (Lipinski definition) is 0. The van der Waals surface area contributed by atoms with Gasteiger partial charge in [0.15, 0.2) is 0 Å². The highest BCUT2D eigenvalue weighted by molar-refractivity contribution is 7.92. The molecular formula is C6H10N2O3S2. The van der Waals surface area contributed by atoms with Gasteiger partial charge in [0.05, 0.1) is 6.10 Å². The zero-order valence-corrected chi connectivity index (χ0v) is 9.15. The number of ether oxygens (including phenoxy) is 1. The topological polar surface area (TPSA) is 69.2 Å². The fraction of sp³-hybridized carbons (Fsp3) is 0.667. The Labute approximate surface area is 80.7 Å². The van der Waals surface area contributed by atoms with Gasteiger partial charge in [-0.25, -0.2) is 8.42 Å². The monoisotopic (exact) mass is 222 g/mol. The van der Waals surface area contributed by atoms with Crippen LogP contribution in [0.2, 0.25) is 0 Å².